The molecule has 0 aliphatic rings. The molecule has 8 heteroatoms. The number of alkyl halides is 3. The third-order valence-corrected chi connectivity index (χ3v) is 11.2. The Labute approximate surface area is 114 Å². The Morgan fingerprint density at radius 1 is 1.11 bits per heavy atom. The maximum atomic E-state index is 12.5. The fourth-order valence-electron chi connectivity index (χ4n) is 2.18. The quantitative estimate of drug-likeness (QED) is 0.515. The van der Waals surface area contributed by atoms with Gasteiger partial charge in [0.15, 0.2) is 0 Å². The van der Waals surface area contributed by atoms with Gasteiger partial charge in [-0.2, -0.15) is 21.6 Å². The van der Waals surface area contributed by atoms with Crippen LogP contribution in [0.1, 0.15) is 47.5 Å². The van der Waals surface area contributed by atoms with Crippen LogP contribution in [-0.4, -0.2) is 22.2 Å². The summed E-state index contributed by atoms with van der Waals surface area (Å²) in [5.74, 6) is 0. The van der Waals surface area contributed by atoms with Crippen molar-refractivity contribution in [3.05, 3.63) is 0 Å². The maximum Gasteiger partial charge on any atom is 0.522 e. The zero-order chi connectivity index (χ0) is 15.5. The SMILES string of the molecule is CCCC[Si](OS(=O)(=O)C(F)(F)F)(C(C)C)C(C)C. The molecule has 0 unspecified atom stereocenters. The van der Waals surface area contributed by atoms with Gasteiger partial charge >= 0.3 is 15.6 Å². The molecule has 0 aliphatic carbocycles. The van der Waals surface area contributed by atoms with Crippen molar-refractivity contribution >= 4 is 18.4 Å². The van der Waals surface area contributed by atoms with E-state index in [-0.39, 0.29) is 11.1 Å². The van der Waals surface area contributed by atoms with Crippen LogP contribution in [0.25, 0.3) is 0 Å². The molecule has 0 heterocycles. The molecule has 0 bridgehead atoms. The number of unbranched alkanes of at least 4 members (excludes halogenated alkanes) is 1. The highest BCUT2D eigenvalue weighted by Crippen LogP contribution is 2.42. The molecular formula is C11H23F3O3SSi. The van der Waals surface area contributed by atoms with Crippen LogP contribution in [0.4, 0.5) is 13.2 Å². The van der Waals surface area contributed by atoms with Gasteiger partial charge in [0.2, 0.25) is 8.32 Å². The van der Waals surface area contributed by atoms with Crippen LogP contribution < -0.4 is 0 Å². The lowest BCUT2D eigenvalue weighted by Gasteiger charge is -2.37. The second-order valence-corrected chi connectivity index (χ2v) is 12.1. The zero-order valence-corrected chi connectivity index (χ0v) is 13.9. The monoisotopic (exact) mass is 320 g/mol. The summed E-state index contributed by atoms with van der Waals surface area (Å²) in [4.78, 5) is 0. The Morgan fingerprint density at radius 2 is 1.53 bits per heavy atom. The predicted molar refractivity (Wildman–Crippen MR) is 71.7 cm³/mol. The molecule has 0 amide bonds. The molecule has 0 aliphatic heterocycles. The summed E-state index contributed by atoms with van der Waals surface area (Å²) in [5.41, 5.74) is -5.74. The molecular weight excluding hydrogens is 297 g/mol. The first-order valence-corrected chi connectivity index (χ1v) is 10.1. The minimum Gasteiger partial charge on any atom is -0.307 e. The lowest BCUT2D eigenvalue weighted by molar-refractivity contribution is -0.0505. The van der Waals surface area contributed by atoms with E-state index in [0.29, 0.717) is 12.5 Å². The average molecular weight is 320 g/mol. The largest absolute Gasteiger partial charge is 0.522 e. The van der Waals surface area contributed by atoms with Crippen LogP contribution in [-0.2, 0) is 14.0 Å². The highest BCUT2D eigenvalue weighted by molar-refractivity contribution is 7.88. The summed E-state index contributed by atoms with van der Waals surface area (Å²) >= 11 is 0. The molecule has 19 heavy (non-hydrogen) atoms. The first-order chi connectivity index (χ1) is 8.40. The van der Waals surface area contributed by atoms with Gasteiger partial charge in [-0.15, -0.1) is 0 Å². The van der Waals surface area contributed by atoms with Crippen LogP contribution in [0.5, 0.6) is 0 Å². The molecule has 0 aromatic rings. The molecule has 0 radical (unpaired) electrons. The van der Waals surface area contributed by atoms with Crippen molar-refractivity contribution < 1.29 is 25.5 Å². The van der Waals surface area contributed by atoms with Gasteiger partial charge in [-0.3, -0.25) is 0 Å². The molecule has 0 aromatic heterocycles. The normalized spacial score (nSPS) is 14.4. The van der Waals surface area contributed by atoms with Crippen LogP contribution in [0.3, 0.4) is 0 Å². The fraction of sp³-hybridized carbons (Fsp3) is 1.00. The molecule has 0 fully saturated rings. The van der Waals surface area contributed by atoms with E-state index >= 15 is 0 Å². The second-order valence-electron chi connectivity index (χ2n) is 5.35. The molecule has 0 aromatic carbocycles. The highest BCUT2D eigenvalue weighted by Gasteiger charge is 2.54. The average Bonchev–Trinajstić information content (AvgIpc) is 2.21. The Morgan fingerprint density at radius 3 is 1.79 bits per heavy atom. The van der Waals surface area contributed by atoms with Gasteiger partial charge in [-0.25, -0.2) is 0 Å². The number of hydrogen-bond acceptors (Lipinski definition) is 3. The third kappa shape index (κ3) is 4.46. The van der Waals surface area contributed by atoms with Crippen LogP contribution >= 0.6 is 0 Å². The highest BCUT2D eigenvalue weighted by atomic mass is 32.2. The lowest BCUT2D eigenvalue weighted by atomic mass is 10.4. The van der Waals surface area contributed by atoms with E-state index in [1.165, 1.54) is 0 Å². The third-order valence-electron chi connectivity index (χ3n) is 3.42. The minimum atomic E-state index is -5.51. The predicted octanol–water partition coefficient (Wildman–Crippen LogP) is 4.42. The van der Waals surface area contributed by atoms with E-state index < -0.39 is 23.9 Å². The summed E-state index contributed by atoms with van der Waals surface area (Å²) in [6.45, 7) is 8.89. The van der Waals surface area contributed by atoms with E-state index in [0.717, 1.165) is 6.42 Å². The van der Waals surface area contributed by atoms with Gasteiger partial charge in [-0.05, 0) is 17.1 Å². The van der Waals surface area contributed by atoms with E-state index in [9.17, 15) is 21.6 Å². The fourth-order valence-corrected chi connectivity index (χ4v) is 9.46. The molecule has 3 nitrogen and oxygen atoms in total. The smallest absolute Gasteiger partial charge is 0.307 e. The maximum absolute atomic E-state index is 12.5. The Bertz CT molecular complexity index is 369. The van der Waals surface area contributed by atoms with Crippen LogP contribution in [0, 0.1) is 0 Å². The van der Waals surface area contributed by atoms with E-state index in [1.807, 2.05) is 6.92 Å². The van der Waals surface area contributed by atoms with Crippen molar-refractivity contribution in [3.8, 4) is 0 Å². The van der Waals surface area contributed by atoms with E-state index in [2.05, 4.69) is 0 Å². The molecule has 0 rings (SSSR count). The summed E-state index contributed by atoms with van der Waals surface area (Å²) < 4.78 is 65.0. The van der Waals surface area contributed by atoms with Crippen molar-refractivity contribution in [2.24, 2.45) is 0 Å². The van der Waals surface area contributed by atoms with Crippen LogP contribution in [0.15, 0.2) is 0 Å². The Hall–Kier alpha value is -0.0831. The van der Waals surface area contributed by atoms with Gasteiger partial charge in [0.25, 0.3) is 0 Å². The minimum absolute atomic E-state index is 0.198. The van der Waals surface area contributed by atoms with Gasteiger partial charge in [0.1, 0.15) is 0 Å². The summed E-state index contributed by atoms with van der Waals surface area (Å²) in [5, 5.41) is 0. The molecule has 0 spiro atoms. The van der Waals surface area contributed by atoms with Gasteiger partial charge in [-0.1, -0.05) is 47.5 Å². The topological polar surface area (TPSA) is 43.4 Å². The van der Waals surface area contributed by atoms with Crippen LogP contribution in [0.2, 0.25) is 17.1 Å². The standard InChI is InChI=1S/C11H23F3O3SSi/c1-6-7-8-19(9(2)3,10(4)5)17-18(15,16)11(12,13)14/h9-10H,6-8H2,1-5H3. The zero-order valence-electron chi connectivity index (χ0n) is 12.0. The molecule has 0 saturated carbocycles. The summed E-state index contributed by atoms with van der Waals surface area (Å²) in [6, 6.07) is 0.425. The van der Waals surface area contributed by atoms with Gasteiger partial charge in [0, 0.05) is 0 Å². The van der Waals surface area contributed by atoms with E-state index in [1.54, 1.807) is 27.7 Å². The second kappa shape index (κ2) is 6.58. The first-order valence-electron chi connectivity index (χ1n) is 6.42. The van der Waals surface area contributed by atoms with E-state index in [4.69, 9.17) is 3.87 Å². The van der Waals surface area contributed by atoms with Gasteiger partial charge < -0.3 is 3.87 Å². The number of rotatable bonds is 7. The van der Waals surface area contributed by atoms with Crippen molar-refractivity contribution in [1.29, 1.82) is 0 Å². The lowest BCUT2D eigenvalue weighted by Crippen LogP contribution is -2.48. The van der Waals surface area contributed by atoms with Gasteiger partial charge in [0.05, 0.1) is 0 Å². The molecule has 0 N–H and O–H groups in total. The molecule has 0 saturated heterocycles. The van der Waals surface area contributed by atoms with Crippen molar-refractivity contribution in [2.75, 3.05) is 0 Å². The van der Waals surface area contributed by atoms with Crippen molar-refractivity contribution in [3.63, 3.8) is 0 Å². The Balaban J connectivity index is 5.50. The summed E-state index contributed by atoms with van der Waals surface area (Å²) in [7, 11) is -8.54. The Kier molecular flexibility index (Phi) is 6.55. The van der Waals surface area contributed by atoms with Crippen molar-refractivity contribution in [2.45, 2.75) is 70.1 Å². The molecule has 116 valence electrons. The van der Waals surface area contributed by atoms with Crippen molar-refractivity contribution in [1.82, 2.24) is 0 Å². The molecule has 0 atom stereocenters. The number of hydrogen-bond donors (Lipinski definition) is 0. The number of halogens is 3. The first kappa shape index (κ1) is 18.9. The summed E-state index contributed by atoms with van der Waals surface area (Å²) in [6.07, 6.45) is 1.47.